The van der Waals surface area contributed by atoms with E-state index < -0.39 is 0 Å². The van der Waals surface area contributed by atoms with Crippen molar-refractivity contribution in [2.75, 3.05) is 33.5 Å². The molecule has 1 saturated heterocycles. The second-order valence-electron chi connectivity index (χ2n) is 8.11. The zero-order valence-electron chi connectivity index (χ0n) is 18.6. The molecule has 4 rings (SSSR count). The molecule has 0 spiro atoms. The largest absolute Gasteiger partial charge is 0.493 e. The number of rotatable bonds is 6. The predicted octanol–water partition coefficient (Wildman–Crippen LogP) is 1.88. The molecule has 168 valence electrons. The SMILES string of the molecule is COC1(CNC(=NCc2nnc(C)n2C)NC2CCOc3ccccc32)CCOCC1. The third-order valence-corrected chi connectivity index (χ3v) is 6.25. The van der Waals surface area contributed by atoms with E-state index >= 15 is 0 Å². The summed E-state index contributed by atoms with van der Waals surface area (Å²) in [6.07, 6.45) is 2.57. The molecule has 9 heteroatoms. The molecule has 1 atom stereocenters. The number of hydrogen-bond acceptors (Lipinski definition) is 6. The van der Waals surface area contributed by atoms with Crippen LogP contribution in [0.1, 0.15) is 42.5 Å². The molecule has 31 heavy (non-hydrogen) atoms. The zero-order chi connectivity index (χ0) is 21.7. The summed E-state index contributed by atoms with van der Waals surface area (Å²) in [6, 6.07) is 8.27. The van der Waals surface area contributed by atoms with E-state index in [1.54, 1.807) is 7.11 Å². The lowest BCUT2D eigenvalue weighted by atomic mass is 9.94. The third-order valence-electron chi connectivity index (χ3n) is 6.25. The van der Waals surface area contributed by atoms with Gasteiger partial charge in [-0.05, 0) is 13.0 Å². The van der Waals surface area contributed by atoms with Crippen LogP contribution in [0.3, 0.4) is 0 Å². The van der Waals surface area contributed by atoms with E-state index in [2.05, 4.69) is 26.9 Å². The van der Waals surface area contributed by atoms with E-state index in [1.165, 1.54) is 0 Å². The minimum absolute atomic E-state index is 0.116. The molecular formula is C22H32N6O3. The van der Waals surface area contributed by atoms with Crippen molar-refractivity contribution in [3.8, 4) is 5.75 Å². The summed E-state index contributed by atoms with van der Waals surface area (Å²) in [6.45, 7) is 5.11. The molecule has 9 nitrogen and oxygen atoms in total. The van der Waals surface area contributed by atoms with Gasteiger partial charge in [0.2, 0.25) is 0 Å². The Morgan fingerprint density at radius 2 is 2.06 bits per heavy atom. The Labute approximate surface area is 183 Å². The monoisotopic (exact) mass is 428 g/mol. The second kappa shape index (κ2) is 9.65. The first-order valence-corrected chi connectivity index (χ1v) is 10.8. The van der Waals surface area contributed by atoms with Gasteiger partial charge < -0.3 is 29.4 Å². The Hall–Kier alpha value is -2.65. The molecular weight excluding hydrogens is 396 g/mol. The second-order valence-corrected chi connectivity index (χ2v) is 8.11. The van der Waals surface area contributed by atoms with Gasteiger partial charge in [-0.25, -0.2) is 4.99 Å². The van der Waals surface area contributed by atoms with Crippen molar-refractivity contribution >= 4 is 5.96 Å². The fourth-order valence-electron chi connectivity index (χ4n) is 3.99. The van der Waals surface area contributed by atoms with Crippen LogP contribution in [0.4, 0.5) is 0 Å². The Bertz CT molecular complexity index is 906. The Kier molecular flexibility index (Phi) is 6.72. The number of methoxy groups -OCH3 is 1. The average molecular weight is 429 g/mol. The van der Waals surface area contributed by atoms with Gasteiger partial charge in [-0.3, -0.25) is 0 Å². The van der Waals surface area contributed by atoms with Crippen LogP contribution < -0.4 is 15.4 Å². The van der Waals surface area contributed by atoms with Crippen molar-refractivity contribution < 1.29 is 14.2 Å². The first-order chi connectivity index (χ1) is 15.1. The third kappa shape index (κ3) is 4.99. The number of nitrogens with one attached hydrogen (secondary N) is 2. The highest BCUT2D eigenvalue weighted by Gasteiger charge is 2.33. The maximum Gasteiger partial charge on any atom is 0.192 e. The Balaban J connectivity index is 1.52. The first-order valence-electron chi connectivity index (χ1n) is 10.8. The van der Waals surface area contributed by atoms with Gasteiger partial charge in [0.15, 0.2) is 11.8 Å². The summed E-state index contributed by atoms with van der Waals surface area (Å²) in [5.74, 6) is 3.34. The van der Waals surface area contributed by atoms with Crippen molar-refractivity contribution in [1.82, 2.24) is 25.4 Å². The Morgan fingerprint density at radius 3 is 2.81 bits per heavy atom. The van der Waals surface area contributed by atoms with Gasteiger partial charge in [0.25, 0.3) is 0 Å². The van der Waals surface area contributed by atoms with Crippen molar-refractivity contribution in [3.05, 3.63) is 41.5 Å². The van der Waals surface area contributed by atoms with E-state index in [0.29, 0.717) is 32.9 Å². The maximum atomic E-state index is 5.89. The Morgan fingerprint density at radius 1 is 1.26 bits per heavy atom. The molecule has 2 N–H and O–H groups in total. The van der Waals surface area contributed by atoms with Gasteiger partial charge in [-0.15, -0.1) is 10.2 Å². The molecule has 0 bridgehead atoms. The molecule has 2 aliphatic heterocycles. The topological polar surface area (TPSA) is 94.8 Å². The number of ether oxygens (including phenoxy) is 3. The van der Waals surface area contributed by atoms with Gasteiger partial charge in [0.05, 0.1) is 18.2 Å². The minimum atomic E-state index is -0.254. The van der Waals surface area contributed by atoms with Crippen molar-refractivity contribution in [1.29, 1.82) is 0 Å². The van der Waals surface area contributed by atoms with Gasteiger partial charge in [-0.2, -0.15) is 0 Å². The van der Waals surface area contributed by atoms with Gasteiger partial charge in [-0.1, -0.05) is 18.2 Å². The highest BCUT2D eigenvalue weighted by molar-refractivity contribution is 5.80. The molecule has 0 amide bonds. The lowest BCUT2D eigenvalue weighted by Gasteiger charge is -2.37. The smallest absolute Gasteiger partial charge is 0.192 e. The van der Waals surface area contributed by atoms with Crippen LogP contribution in [0.2, 0.25) is 0 Å². The summed E-state index contributed by atoms with van der Waals surface area (Å²) >= 11 is 0. The molecule has 2 aromatic rings. The fraction of sp³-hybridized carbons (Fsp3) is 0.591. The lowest BCUT2D eigenvalue weighted by Crippen LogP contribution is -2.51. The summed E-state index contributed by atoms with van der Waals surface area (Å²) in [5.41, 5.74) is 0.889. The van der Waals surface area contributed by atoms with E-state index in [0.717, 1.165) is 48.2 Å². The molecule has 1 aromatic carbocycles. The maximum absolute atomic E-state index is 5.89. The van der Waals surface area contributed by atoms with E-state index in [1.807, 2.05) is 36.7 Å². The van der Waals surface area contributed by atoms with Gasteiger partial charge >= 0.3 is 0 Å². The molecule has 1 fully saturated rings. The van der Waals surface area contributed by atoms with Crippen LogP contribution in [0, 0.1) is 6.92 Å². The predicted molar refractivity (Wildman–Crippen MR) is 117 cm³/mol. The zero-order valence-corrected chi connectivity index (χ0v) is 18.6. The lowest BCUT2D eigenvalue weighted by molar-refractivity contribution is -0.0855. The standard InChI is InChI=1S/C22H32N6O3/c1-16-26-27-20(28(16)2)14-23-21(24-15-22(29-3)9-12-30-13-10-22)25-18-8-11-31-19-7-5-4-6-17(18)19/h4-7,18H,8-15H2,1-3H3,(H2,23,24,25). The number of benzene rings is 1. The van der Waals surface area contributed by atoms with Crippen molar-refractivity contribution in [2.24, 2.45) is 12.0 Å². The quantitative estimate of drug-likeness (QED) is 0.536. The summed E-state index contributed by atoms with van der Waals surface area (Å²) < 4.78 is 19.2. The molecule has 1 aromatic heterocycles. The average Bonchev–Trinajstić information content (AvgIpc) is 3.14. The summed E-state index contributed by atoms with van der Waals surface area (Å²) in [4.78, 5) is 4.83. The number of aromatic nitrogens is 3. The number of aliphatic imine (C=N–C) groups is 1. The van der Waals surface area contributed by atoms with E-state index in [-0.39, 0.29) is 11.6 Å². The number of aryl methyl sites for hydroxylation is 1. The van der Waals surface area contributed by atoms with Crippen LogP contribution in [0.25, 0.3) is 0 Å². The number of nitrogens with zero attached hydrogens (tertiary/aromatic N) is 4. The van der Waals surface area contributed by atoms with Gasteiger partial charge in [0, 0.05) is 58.7 Å². The molecule has 0 aliphatic carbocycles. The van der Waals surface area contributed by atoms with Crippen molar-refractivity contribution in [2.45, 2.75) is 44.4 Å². The molecule has 3 heterocycles. The van der Waals surface area contributed by atoms with Crippen LogP contribution in [-0.2, 0) is 23.1 Å². The first kappa shape index (κ1) is 21.6. The van der Waals surface area contributed by atoms with Crippen LogP contribution >= 0.6 is 0 Å². The highest BCUT2D eigenvalue weighted by Crippen LogP contribution is 2.31. The van der Waals surface area contributed by atoms with Crippen LogP contribution in [0.5, 0.6) is 5.75 Å². The molecule has 0 radical (unpaired) electrons. The van der Waals surface area contributed by atoms with Crippen LogP contribution in [-0.4, -0.2) is 59.8 Å². The minimum Gasteiger partial charge on any atom is -0.493 e. The summed E-state index contributed by atoms with van der Waals surface area (Å²) in [7, 11) is 3.73. The van der Waals surface area contributed by atoms with Crippen molar-refractivity contribution in [3.63, 3.8) is 0 Å². The fourth-order valence-corrected chi connectivity index (χ4v) is 3.99. The van der Waals surface area contributed by atoms with E-state index in [4.69, 9.17) is 19.2 Å². The highest BCUT2D eigenvalue weighted by atomic mass is 16.5. The molecule has 1 unspecified atom stereocenters. The van der Waals surface area contributed by atoms with Gasteiger partial charge in [0.1, 0.15) is 18.1 Å². The number of guanidine groups is 1. The normalized spacial score (nSPS) is 20.6. The van der Waals surface area contributed by atoms with Crippen LogP contribution in [0.15, 0.2) is 29.3 Å². The molecule has 2 aliphatic rings. The molecule has 0 saturated carbocycles. The number of fused-ring (bicyclic) bond motifs is 1. The number of para-hydroxylation sites is 1. The summed E-state index contributed by atoms with van der Waals surface area (Å²) in [5, 5.41) is 15.5. The van der Waals surface area contributed by atoms with E-state index in [9.17, 15) is 0 Å². The number of hydrogen-bond donors (Lipinski definition) is 2.